The molecular weight excluding hydrogens is 208 g/mol. The van der Waals surface area contributed by atoms with Crippen molar-refractivity contribution in [1.29, 1.82) is 0 Å². The zero-order chi connectivity index (χ0) is 12.0. The van der Waals surface area contributed by atoms with Gasteiger partial charge in [0.05, 0.1) is 0 Å². The Morgan fingerprint density at radius 2 is 2.06 bits per heavy atom. The van der Waals surface area contributed by atoms with E-state index in [1.807, 2.05) is 12.3 Å². The molecule has 2 aromatic rings. The number of benzene rings is 1. The second-order valence-electron chi connectivity index (χ2n) is 5.56. The summed E-state index contributed by atoms with van der Waals surface area (Å²) in [6.07, 6.45) is 1.97. The van der Waals surface area contributed by atoms with Crippen molar-refractivity contribution in [1.82, 2.24) is 4.98 Å². The van der Waals surface area contributed by atoms with Crippen LogP contribution in [0.1, 0.15) is 19.4 Å². The molecule has 2 heteroatoms. The van der Waals surface area contributed by atoms with Crippen LogP contribution in [0.15, 0.2) is 36.5 Å². The van der Waals surface area contributed by atoms with Gasteiger partial charge in [0.1, 0.15) is 0 Å². The maximum absolute atomic E-state index is 3.26. The van der Waals surface area contributed by atoms with Crippen LogP contribution in [0.2, 0.25) is 0 Å². The third-order valence-corrected chi connectivity index (χ3v) is 3.68. The lowest BCUT2D eigenvalue weighted by Crippen LogP contribution is -2.24. The Hall–Kier alpha value is -1.70. The van der Waals surface area contributed by atoms with Gasteiger partial charge in [0, 0.05) is 36.6 Å². The number of H-pyrrole nitrogens is 1. The molecule has 1 N–H and O–H groups in total. The molecule has 1 aromatic heterocycles. The Bertz CT molecular complexity index is 538. The molecule has 1 aliphatic rings. The van der Waals surface area contributed by atoms with Crippen LogP contribution in [-0.4, -0.2) is 18.6 Å². The molecule has 1 aromatic carbocycles. The largest absolute Gasteiger partial charge is 0.373 e. The van der Waals surface area contributed by atoms with E-state index in [-0.39, 0.29) is 5.41 Å². The first kappa shape index (κ1) is 10.5. The molecule has 0 radical (unpaired) electrons. The maximum Gasteiger partial charge on any atom is 0.0454 e. The van der Waals surface area contributed by atoms with Gasteiger partial charge in [-0.1, -0.05) is 26.0 Å². The predicted octanol–water partition coefficient (Wildman–Crippen LogP) is 3.41. The van der Waals surface area contributed by atoms with Crippen molar-refractivity contribution in [2.24, 2.45) is 0 Å². The Morgan fingerprint density at radius 1 is 1.24 bits per heavy atom. The third-order valence-electron chi connectivity index (χ3n) is 3.68. The summed E-state index contributed by atoms with van der Waals surface area (Å²) in [5, 5.41) is 0. The van der Waals surface area contributed by atoms with Crippen LogP contribution in [0.5, 0.6) is 0 Å². The fourth-order valence-corrected chi connectivity index (χ4v) is 2.86. The highest BCUT2D eigenvalue weighted by Crippen LogP contribution is 2.41. The van der Waals surface area contributed by atoms with Gasteiger partial charge in [-0.05, 0) is 29.3 Å². The molecule has 0 saturated carbocycles. The van der Waals surface area contributed by atoms with E-state index < -0.39 is 0 Å². The number of likely N-dealkylation sites (N-methyl/N-ethyl adjacent to an activating group) is 1. The topological polar surface area (TPSA) is 19.0 Å². The number of aromatic nitrogens is 1. The molecule has 1 aliphatic heterocycles. The first-order valence-electron chi connectivity index (χ1n) is 6.07. The average Bonchev–Trinajstić information content (AvgIpc) is 2.87. The fourth-order valence-electron chi connectivity index (χ4n) is 2.86. The van der Waals surface area contributed by atoms with Crippen molar-refractivity contribution in [3.8, 4) is 11.3 Å². The lowest BCUT2D eigenvalue weighted by Gasteiger charge is -2.18. The molecule has 0 atom stereocenters. The van der Waals surface area contributed by atoms with E-state index in [0.29, 0.717) is 0 Å². The summed E-state index contributed by atoms with van der Waals surface area (Å²) in [5.41, 5.74) is 5.53. The van der Waals surface area contributed by atoms with Crippen LogP contribution in [-0.2, 0) is 5.41 Å². The van der Waals surface area contributed by atoms with Crippen molar-refractivity contribution in [3.05, 3.63) is 42.1 Å². The normalized spacial score (nSPS) is 17.2. The van der Waals surface area contributed by atoms with Gasteiger partial charge in [-0.2, -0.15) is 0 Å². The van der Waals surface area contributed by atoms with Gasteiger partial charge in [0.25, 0.3) is 0 Å². The minimum atomic E-state index is 0.262. The zero-order valence-electron chi connectivity index (χ0n) is 10.6. The van der Waals surface area contributed by atoms with Crippen LogP contribution in [0.4, 0.5) is 5.69 Å². The van der Waals surface area contributed by atoms with Gasteiger partial charge < -0.3 is 9.88 Å². The summed E-state index contributed by atoms with van der Waals surface area (Å²) in [6.45, 7) is 5.71. The Labute approximate surface area is 102 Å². The summed E-state index contributed by atoms with van der Waals surface area (Å²) in [6, 6.07) is 10.9. The number of nitrogens with zero attached hydrogens (tertiary/aromatic N) is 1. The van der Waals surface area contributed by atoms with Crippen molar-refractivity contribution >= 4 is 5.69 Å². The summed E-state index contributed by atoms with van der Waals surface area (Å²) >= 11 is 0. The van der Waals surface area contributed by atoms with Crippen molar-refractivity contribution in [3.63, 3.8) is 0 Å². The Morgan fingerprint density at radius 3 is 2.76 bits per heavy atom. The lowest BCUT2D eigenvalue weighted by atomic mass is 9.86. The number of nitrogens with one attached hydrogen (secondary N) is 1. The molecule has 0 saturated heterocycles. The van der Waals surface area contributed by atoms with Gasteiger partial charge in [0.15, 0.2) is 0 Å². The van der Waals surface area contributed by atoms with E-state index >= 15 is 0 Å². The SMILES string of the molecule is CN1CC(C)(C)c2ccc(-c3ccc[nH]3)cc21. The fraction of sp³-hybridized carbons (Fsp3) is 0.333. The van der Waals surface area contributed by atoms with Crippen molar-refractivity contribution in [2.75, 3.05) is 18.5 Å². The summed E-state index contributed by atoms with van der Waals surface area (Å²) < 4.78 is 0. The molecule has 0 amide bonds. The van der Waals surface area contributed by atoms with E-state index in [1.165, 1.54) is 22.5 Å². The minimum Gasteiger partial charge on any atom is -0.373 e. The average molecular weight is 226 g/mol. The highest BCUT2D eigenvalue weighted by Gasteiger charge is 2.33. The number of hydrogen-bond acceptors (Lipinski definition) is 1. The van der Waals surface area contributed by atoms with Crippen molar-refractivity contribution < 1.29 is 0 Å². The number of fused-ring (bicyclic) bond motifs is 1. The van der Waals surface area contributed by atoms with Crippen LogP contribution in [0.3, 0.4) is 0 Å². The molecule has 0 bridgehead atoms. The predicted molar refractivity (Wildman–Crippen MR) is 72.5 cm³/mol. The Kier molecular flexibility index (Phi) is 2.09. The number of aromatic amines is 1. The standard InChI is InChI=1S/C15H18N2/c1-15(2)10-17(3)14-9-11(6-7-12(14)15)13-5-4-8-16-13/h4-9,16H,10H2,1-3H3. The molecule has 0 spiro atoms. The maximum atomic E-state index is 3.26. The van der Waals surface area contributed by atoms with Crippen LogP contribution in [0, 0.1) is 0 Å². The summed E-state index contributed by atoms with van der Waals surface area (Å²) in [5.74, 6) is 0. The first-order valence-corrected chi connectivity index (χ1v) is 6.07. The molecular formula is C15H18N2. The number of hydrogen-bond donors (Lipinski definition) is 1. The van der Waals surface area contributed by atoms with Gasteiger partial charge in [-0.25, -0.2) is 0 Å². The van der Waals surface area contributed by atoms with E-state index in [2.05, 4.69) is 55.0 Å². The molecule has 0 fully saturated rings. The van der Waals surface area contributed by atoms with Crippen LogP contribution < -0.4 is 4.90 Å². The van der Waals surface area contributed by atoms with Gasteiger partial charge in [0.2, 0.25) is 0 Å². The molecule has 0 unspecified atom stereocenters. The monoisotopic (exact) mass is 226 g/mol. The quantitative estimate of drug-likeness (QED) is 0.789. The second kappa shape index (κ2) is 3.39. The first-order chi connectivity index (χ1) is 8.08. The number of anilines is 1. The highest BCUT2D eigenvalue weighted by molar-refractivity contribution is 5.71. The lowest BCUT2D eigenvalue weighted by molar-refractivity contribution is 0.563. The van der Waals surface area contributed by atoms with E-state index in [1.54, 1.807) is 0 Å². The molecule has 3 rings (SSSR count). The molecule has 2 nitrogen and oxygen atoms in total. The van der Waals surface area contributed by atoms with Gasteiger partial charge in [-0.15, -0.1) is 0 Å². The Balaban J connectivity index is 2.12. The summed E-state index contributed by atoms with van der Waals surface area (Å²) in [4.78, 5) is 5.61. The van der Waals surface area contributed by atoms with Crippen LogP contribution >= 0.6 is 0 Å². The smallest absolute Gasteiger partial charge is 0.0454 e. The zero-order valence-corrected chi connectivity index (χ0v) is 10.6. The highest BCUT2D eigenvalue weighted by atomic mass is 15.1. The van der Waals surface area contributed by atoms with Gasteiger partial charge in [-0.3, -0.25) is 0 Å². The molecule has 17 heavy (non-hydrogen) atoms. The van der Waals surface area contributed by atoms with Gasteiger partial charge >= 0.3 is 0 Å². The van der Waals surface area contributed by atoms with E-state index in [0.717, 1.165) is 6.54 Å². The molecule has 88 valence electrons. The minimum absolute atomic E-state index is 0.262. The van der Waals surface area contributed by atoms with E-state index in [4.69, 9.17) is 0 Å². The second-order valence-corrected chi connectivity index (χ2v) is 5.56. The third kappa shape index (κ3) is 1.55. The molecule has 2 heterocycles. The van der Waals surface area contributed by atoms with Crippen LogP contribution in [0.25, 0.3) is 11.3 Å². The summed E-state index contributed by atoms with van der Waals surface area (Å²) in [7, 11) is 2.17. The number of rotatable bonds is 1. The van der Waals surface area contributed by atoms with E-state index in [9.17, 15) is 0 Å². The van der Waals surface area contributed by atoms with Crippen molar-refractivity contribution in [2.45, 2.75) is 19.3 Å². The molecule has 0 aliphatic carbocycles.